The molecule has 0 aromatic rings. The van der Waals surface area contributed by atoms with Crippen molar-refractivity contribution in [1.29, 1.82) is 0 Å². The van der Waals surface area contributed by atoms with E-state index in [1.807, 2.05) is 0 Å². The summed E-state index contributed by atoms with van der Waals surface area (Å²) in [5.41, 5.74) is 0. The highest BCUT2D eigenvalue weighted by Gasteiger charge is 2.16. The second kappa shape index (κ2) is 8.37. The summed E-state index contributed by atoms with van der Waals surface area (Å²) in [6, 6.07) is 0. The molecule has 3 heteroatoms. The lowest BCUT2D eigenvalue weighted by atomic mass is 10.0. The third kappa shape index (κ3) is 5.55. The first-order valence-corrected chi connectivity index (χ1v) is 7.45. The molecule has 1 unspecified atom stereocenters. The molecule has 0 N–H and O–H groups in total. The van der Waals surface area contributed by atoms with Gasteiger partial charge in [0.25, 0.3) is 0 Å². The smallest absolute Gasteiger partial charge is 0.0110 e. The average molecular weight is 244 g/mol. The van der Waals surface area contributed by atoms with Crippen LogP contribution in [0.3, 0.4) is 0 Å². The Labute approximate surface area is 107 Å². The normalized spacial score (nSPS) is 21.2. The molecule has 1 fully saturated rings. The van der Waals surface area contributed by atoms with Crippen molar-refractivity contribution in [2.24, 2.45) is 5.92 Å². The van der Waals surface area contributed by atoms with Gasteiger partial charge in [-0.05, 0) is 44.0 Å². The van der Waals surface area contributed by atoms with Crippen molar-refractivity contribution < 1.29 is 0 Å². The van der Waals surface area contributed by atoms with Crippen LogP contribution in [-0.2, 0) is 0 Å². The summed E-state index contributed by atoms with van der Waals surface area (Å²) in [6.45, 7) is 12.3. The minimum atomic E-state index is 0.839. The van der Waals surface area contributed by atoms with Gasteiger partial charge in [0.2, 0.25) is 0 Å². The van der Waals surface area contributed by atoms with E-state index < -0.39 is 0 Å². The predicted molar refractivity (Wildman–Crippen MR) is 75.4 cm³/mol. The zero-order chi connectivity index (χ0) is 11.8. The Morgan fingerprint density at radius 3 is 2.06 bits per heavy atom. The minimum Gasteiger partial charge on any atom is -0.301 e. The van der Waals surface area contributed by atoms with Gasteiger partial charge in [-0.1, -0.05) is 13.8 Å². The van der Waals surface area contributed by atoms with Crippen molar-refractivity contribution in [2.75, 3.05) is 45.0 Å². The van der Waals surface area contributed by atoms with E-state index in [-0.39, 0.29) is 0 Å². The summed E-state index contributed by atoms with van der Waals surface area (Å²) >= 11 is 4.29. The van der Waals surface area contributed by atoms with Crippen LogP contribution >= 0.6 is 12.6 Å². The molecule has 1 aliphatic rings. The van der Waals surface area contributed by atoms with Crippen LogP contribution in [0, 0.1) is 5.92 Å². The molecule has 1 saturated heterocycles. The second-order valence-electron chi connectivity index (χ2n) is 5.09. The second-order valence-corrected chi connectivity index (χ2v) is 5.54. The molecule has 0 radical (unpaired) electrons. The highest BCUT2D eigenvalue weighted by molar-refractivity contribution is 7.80. The standard InChI is InChI=1S/C13H28N2S/c1-3-6-14-8-10-15(11-9-14)7-4-13(2)5-12-16/h13,16H,3-12H2,1-2H3. The molecule has 0 bridgehead atoms. The number of hydrogen-bond donors (Lipinski definition) is 1. The van der Waals surface area contributed by atoms with E-state index in [1.165, 1.54) is 58.5 Å². The Kier molecular flexibility index (Phi) is 7.50. The van der Waals surface area contributed by atoms with Crippen LogP contribution in [0.1, 0.15) is 33.1 Å². The number of hydrogen-bond acceptors (Lipinski definition) is 3. The molecule has 1 rings (SSSR count). The Balaban J connectivity index is 2.07. The van der Waals surface area contributed by atoms with Gasteiger partial charge < -0.3 is 9.80 Å². The average Bonchev–Trinajstić information content (AvgIpc) is 2.29. The van der Waals surface area contributed by atoms with Gasteiger partial charge in [-0.15, -0.1) is 0 Å². The molecule has 1 heterocycles. The number of piperazine rings is 1. The van der Waals surface area contributed by atoms with Gasteiger partial charge in [-0.3, -0.25) is 0 Å². The number of thiol groups is 1. The van der Waals surface area contributed by atoms with Crippen LogP contribution < -0.4 is 0 Å². The van der Waals surface area contributed by atoms with E-state index >= 15 is 0 Å². The van der Waals surface area contributed by atoms with Gasteiger partial charge in [-0.2, -0.15) is 12.6 Å². The fourth-order valence-electron chi connectivity index (χ4n) is 2.32. The topological polar surface area (TPSA) is 6.48 Å². The number of nitrogens with zero attached hydrogens (tertiary/aromatic N) is 2. The molecule has 1 aliphatic heterocycles. The summed E-state index contributed by atoms with van der Waals surface area (Å²) < 4.78 is 0. The Hall–Kier alpha value is 0.270. The van der Waals surface area contributed by atoms with Crippen molar-refractivity contribution >= 4 is 12.6 Å². The Morgan fingerprint density at radius 2 is 1.56 bits per heavy atom. The van der Waals surface area contributed by atoms with E-state index in [0.717, 1.165) is 11.7 Å². The lowest BCUT2D eigenvalue weighted by Gasteiger charge is -2.35. The summed E-state index contributed by atoms with van der Waals surface area (Å²) in [4.78, 5) is 5.22. The fraction of sp³-hybridized carbons (Fsp3) is 1.00. The van der Waals surface area contributed by atoms with Crippen LogP contribution in [0.2, 0.25) is 0 Å². The highest BCUT2D eigenvalue weighted by Crippen LogP contribution is 2.11. The van der Waals surface area contributed by atoms with Crippen LogP contribution in [0.15, 0.2) is 0 Å². The van der Waals surface area contributed by atoms with E-state index in [0.29, 0.717) is 0 Å². The summed E-state index contributed by atoms with van der Waals surface area (Å²) in [5, 5.41) is 0. The van der Waals surface area contributed by atoms with Crippen molar-refractivity contribution in [3.05, 3.63) is 0 Å². The van der Waals surface area contributed by atoms with Gasteiger partial charge in [-0.25, -0.2) is 0 Å². The maximum absolute atomic E-state index is 4.29. The van der Waals surface area contributed by atoms with E-state index in [2.05, 4.69) is 36.3 Å². The van der Waals surface area contributed by atoms with Crippen molar-refractivity contribution in [3.8, 4) is 0 Å². The van der Waals surface area contributed by atoms with Gasteiger partial charge >= 0.3 is 0 Å². The largest absolute Gasteiger partial charge is 0.301 e. The van der Waals surface area contributed by atoms with Gasteiger partial charge in [0.15, 0.2) is 0 Å². The molecule has 2 nitrogen and oxygen atoms in total. The first-order valence-electron chi connectivity index (χ1n) is 6.81. The summed E-state index contributed by atoms with van der Waals surface area (Å²) in [6.07, 6.45) is 3.90. The summed E-state index contributed by atoms with van der Waals surface area (Å²) in [5.74, 6) is 1.87. The number of rotatable bonds is 7. The zero-order valence-corrected chi connectivity index (χ0v) is 11.9. The molecule has 0 spiro atoms. The fourth-order valence-corrected chi connectivity index (χ4v) is 2.76. The first-order chi connectivity index (χ1) is 7.76. The zero-order valence-electron chi connectivity index (χ0n) is 11.0. The van der Waals surface area contributed by atoms with Gasteiger partial charge in [0.1, 0.15) is 0 Å². The van der Waals surface area contributed by atoms with Crippen LogP contribution in [0.25, 0.3) is 0 Å². The quantitative estimate of drug-likeness (QED) is 0.687. The van der Waals surface area contributed by atoms with Crippen LogP contribution in [0.4, 0.5) is 0 Å². The molecule has 0 saturated carbocycles. The highest BCUT2D eigenvalue weighted by atomic mass is 32.1. The van der Waals surface area contributed by atoms with Gasteiger partial charge in [0, 0.05) is 26.2 Å². The molecule has 0 amide bonds. The van der Waals surface area contributed by atoms with Gasteiger partial charge in [0.05, 0.1) is 0 Å². The first kappa shape index (κ1) is 14.3. The molecule has 0 aromatic carbocycles. The Morgan fingerprint density at radius 1 is 1.00 bits per heavy atom. The lowest BCUT2D eigenvalue weighted by molar-refractivity contribution is 0.127. The molecule has 96 valence electrons. The molecule has 1 atom stereocenters. The summed E-state index contributed by atoms with van der Waals surface area (Å²) in [7, 11) is 0. The molecule has 16 heavy (non-hydrogen) atoms. The maximum Gasteiger partial charge on any atom is 0.0110 e. The molecule has 0 aliphatic carbocycles. The van der Waals surface area contributed by atoms with Crippen molar-refractivity contribution in [3.63, 3.8) is 0 Å². The third-order valence-corrected chi connectivity index (χ3v) is 3.82. The van der Waals surface area contributed by atoms with E-state index in [9.17, 15) is 0 Å². The predicted octanol–water partition coefficient (Wildman–Crippen LogP) is 2.36. The molecular weight excluding hydrogens is 216 g/mol. The third-order valence-electron chi connectivity index (χ3n) is 3.56. The molecule has 0 aromatic heterocycles. The SMILES string of the molecule is CCCN1CCN(CCC(C)CCS)CC1. The van der Waals surface area contributed by atoms with Crippen LogP contribution in [0.5, 0.6) is 0 Å². The maximum atomic E-state index is 4.29. The monoisotopic (exact) mass is 244 g/mol. The van der Waals surface area contributed by atoms with E-state index in [1.54, 1.807) is 0 Å². The van der Waals surface area contributed by atoms with Crippen molar-refractivity contribution in [1.82, 2.24) is 9.80 Å². The van der Waals surface area contributed by atoms with E-state index in [4.69, 9.17) is 0 Å². The Bertz CT molecular complexity index is 167. The lowest BCUT2D eigenvalue weighted by Crippen LogP contribution is -2.46. The molecular formula is C13H28N2S. The van der Waals surface area contributed by atoms with Crippen LogP contribution in [-0.4, -0.2) is 54.8 Å². The minimum absolute atomic E-state index is 0.839. The van der Waals surface area contributed by atoms with Crippen molar-refractivity contribution in [2.45, 2.75) is 33.1 Å².